The van der Waals surface area contributed by atoms with Crippen LogP contribution in [0.4, 0.5) is 5.69 Å². The molecule has 0 heterocycles. The largest absolute Gasteiger partial charge is 0.494 e. The first kappa shape index (κ1) is 19.8. The Bertz CT molecular complexity index is 730. The Hall–Kier alpha value is -2.53. The number of carbonyl (C=O) groups excluding carboxylic acids is 2. The van der Waals surface area contributed by atoms with Crippen LogP contribution in [-0.4, -0.2) is 29.9 Å². The molecule has 2 aromatic rings. The number of ether oxygens (including phenoxy) is 1. The van der Waals surface area contributed by atoms with Gasteiger partial charge in [0.2, 0.25) is 11.8 Å². The fourth-order valence-electron chi connectivity index (χ4n) is 2.42. The number of amides is 2. The van der Waals surface area contributed by atoms with Crippen LogP contribution in [0.5, 0.6) is 5.75 Å². The van der Waals surface area contributed by atoms with Gasteiger partial charge in [0.1, 0.15) is 5.75 Å². The van der Waals surface area contributed by atoms with Gasteiger partial charge in [-0.05, 0) is 48.9 Å². The first-order valence-electron chi connectivity index (χ1n) is 8.50. The van der Waals surface area contributed by atoms with E-state index in [0.717, 1.165) is 11.3 Å². The molecule has 5 nitrogen and oxygen atoms in total. The lowest BCUT2D eigenvalue weighted by atomic mass is 10.2. The first-order chi connectivity index (χ1) is 12.5. The van der Waals surface area contributed by atoms with Crippen LogP contribution in [0.15, 0.2) is 48.5 Å². The van der Waals surface area contributed by atoms with E-state index in [9.17, 15) is 9.59 Å². The summed E-state index contributed by atoms with van der Waals surface area (Å²) in [5.41, 5.74) is 1.67. The molecule has 26 heavy (non-hydrogen) atoms. The van der Waals surface area contributed by atoms with Crippen molar-refractivity contribution in [3.05, 3.63) is 59.1 Å². The summed E-state index contributed by atoms with van der Waals surface area (Å²) in [7, 11) is 0. The van der Waals surface area contributed by atoms with Gasteiger partial charge >= 0.3 is 0 Å². The highest BCUT2D eigenvalue weighted by Crippen LogP contribution is 2.16. The molecule has 0 atom stereocenters. The quantitative estimate of drug-likeness (QED) is 0.756. The Morgan fingerprint density at radius 1 is 1.08 bits per heavy atom. The number of rotatable bonds is 8. The number of nitrogens with zero attached hydrogens (tertiary/aromatic N) is 1. The van der Waals surface area contributed by atoms with Gasteiger partial charge < -0.3 is 15.0 Å². The molecule has 0 aliphatic rings. The Morgan fingerprint density at radius 2 is 1.73 bits per heavy atom. The minimum absolute atomic E-state index is 0.0752. The lowest BCUT2D eigenvalue weighted by Crippen LogP contribution is -2.31. The highest BCUT2D eigenvalue weighted by molar-refractivity contribution is 6.30. The number of hydrogen-bond acceptors (Lipinski definition) is 3. The van der Waals surface area contributed by atoms with Gasteiger partial charge in [-0.1, -0.05) is 23.7 Å². The summed E-state index contributed by atoms with van der Waals surface area (Å²) in [6.45, 7) is 4.81. The van der Waals surface area contributed by atoms with Gasteiger partial charge in [0, 0.05) is 37.1 Å². The normalized spacial score (nSPS) is 10.3. The molecule has 0 bridgehead atoms. The zero-order chi connectivity index (χ0) is 18.9. The van der Waals surface area contributed by atoms with Crippen LogP contribution in [0.1, 0.15) is 25.8 Å². The number of benzene rings is 2. The van der Waals surface area contributed by atoms with E-state index in [1.165, 1.54) is 6.92 Å². The third-order valence-corrected chi connectivity index (χ3v) is 4.04. The lowest BCUT2D eigenvalue weighted by molar-refractivity contribution is -0.129. The molecule has 138 valence electrons. The minimum Gasteiger partial charge on any atom is -0.494 e. The van der Waals surface area contributed by atoms with Crippen molar-refractivity contribution in [2.45, 2.75) is 26.8 Å². The van der Waals surface area contributed by atoms with Crippen LogP contribution >= 0.6 is 11.6 Å². The molecule has 0 spiro atoms. The molecule has 0 saturated carbocycles. The maximum Gasteiger partial charge on any atom is 0.226 e. The number of halogens is 1. The predicted molar refractivity (Wildman–Crippen MR) is 103 cm³/mol. The average Bonchev–Trinajstić information content (AvgIpc) is 2.62. The molecule has 0 fully saturated rings. The molecule has 0 aliphatic carbocycles. The molecule has 6 heteroatoms. The van der Waals surface area contributed by atoms with Crippen LogP contribution in [0.3, 0.4) is 0 Å². The summed E-state index contributed by atoms with van der Waals surface area (Å²) >= 11 is 5.88. The van der Waals surface area contributed by atoms with Gasteiger partial charge in [-0.15, -0.1) is 0 Å². The third kappa shape index (κ3) is 6.41. The monoisotopic (exact) mass is 374 g/mol. The molecule has 0 saturated heterocycles. The molecule has 2 amide bonds. The SMILES string of the molecule is CCOc1ccc(NC(=O)CCN(Cc2ccc(Cl)cc2)C(C)=O)cc1. The van der Waals surface area contributed by atoms with Crippen LogP contribution in [0.2, 0.25) is 5.02 Å². The maximum absolute atomic E-state index is 12.1. The molecule has 0 aromatic heterocycles. The van der Waals surface area contributed by atoms with Gasteiger partial charge in [0.05, 0.1) is 6.61 Å². The van der Waals surface area contributed by atoms with E-state index in [0.29, 0.717) is 30.4 Å². The molecular formula is C20H23ClN2O3. The second-order valence-electron chi connectivity index (χ2n) is 5.82. The topological polar surface area (TPSA) is 58.6 Å². The second-order valence-corrected chi connectivity index (χ2v) is 6.26. The number of carbonyl (C=O) groups is 2. The van der Waals surface area contributed by atoms with Crippen molar-refractivity contribution in [3.63, 3.8) is 0 Å². The van der Waals surface area contributed by atoms with Gasteiger partial charge in [0.15, 0.2) is 0 Å². The van der Waals surface area contributed by atoms with Crippen LogP contribution in [-0.2, 0) is 16.1 Å². The summed E-state index contributed by atoms with van der Waals surface area (Å²) in [4.78, 5) is 25.6. The van der Waals surface area contributed by atoms with Crippen LogP contribution in [0, 0.1) is 0 Å². The Balaban J connectivity index is 1.86. The number of anilines is 1. The number of nitrogens with one attached hydrogen (secondary N) is 1. The van der Waals surface area contributed by atoms with Gasteiger partial charge in [-0.2, -0.15) is 0 Å². The van der Waals surface area contributed by atoms with Crippen molar-refractivity contribution in [3.8, 4) is 5.75 Å². The Morgan fingerprint density at radius 3 is 2.31 bits per heavy atom. The summed E-state index contributed by atoms with van der Waals surface area (Å²) in [5.74, 6) is 0.543. The molecule has 2 aromatic carbocycles. The molecule has 0 aliphatic heterocycles. The van der Waals surface area contributed by atoms with Crippen molar-refractivity contribution in [1.82, 2.24) is 4.90 Å². The van der Waals surface area contributed by atoms with E-state index in [-0.39, 0.29) is 18.2 Å². The van der Waals surface area contributed by atoms with Gasteiger partial charge in [0.25, 0.3) is 0 Å². The summed E-state index contributed by atoms with van der Waals surface area (Å²) in [5, 5.41) is 3.48. The molecule has 1 N–H and O–H groups in total. The van der Waals surface area contributed by atoms with Crippen molar-refractivity contribution in [1.29, 1.82) is 0 Å². The second kappa shape index (κ2) is 9.82. The minimum atomic E-state index is -0.142. The fraction of sp³-hybridized carbons (Fsp3) is 0.300. The smallest absolute Gasteiger partial charge is 0.226 e. The summed E-state index contributed by atoms with van der Waals surface area (Å²) in [6, 6.07) is 14.5. The third-order valence-electron chi connectivity index (χ3n) is 3.79. The van der Waals surface area contributed by atoms with Crippen LogP contribution in [0.25, 0.3) is 0 Å². The zero-order valence-corrected chi connectivity index (χ0v) is 15.8. The van der Waals surface area contributed by atoms with E-state index >= 15 is 0 Å². The fourth-order valence-corrected chi connectivity index (χ4v) is 2.55. The van der Waals surface area contributed by atoms with Crippen molar-refractivity contribution in [2.75, 3.05) is 18.5 Å². The maximum atomic E-state index is 12.1. The van der Waals surface area contributed by atoms with Crippen molar-refractivity contribution in [2.24, 2.45) is 0 Å². The standard InChI is InChI=1S/C20H23ClN2O3/c1-3-26-19-10-8-18(9-11-19)22-20(25)12-13-23(15(2)24)14-16-4-6-17(21)7-5-16/h4-11H,3,12-14H2,1-2H3,(H,22,25). The van der Waals surface area contributed by atoms with Crippen molar-refractivity contribution < 1.29 is 14.3 Å². The highest BCUT2D eigenvalue weighted by atomic mass is 35.5. The number of hydrogen-bond donors (Lipinski definition) is 1. The van der Waals surface area contributed by atoms with E-state index in [2.05, 4.69) is 5.32 Å². The van der Waals surface area contributed by atoms with Crippen LogP contribution < -0.4 is 10.1 Å². The molecule has 2 rings (SSSR count). The molecule has 0 radical (unpaired) electrons. The van der Waals surface area contributed by atoms with E-state index in [1.54, 1.807) is 29.2 Å². The summed E-state index contributed by atoms with van der Waals surface area (Å²) < 4.78 is 5.37. The van der Waals surface area contributed by atoms with E-state index < -0.39 is 0 Å². The Kier molecular flexibility index (Phi) is 7.48. The van der Waals surface area contributed by atoms with E-state index in [1.807, 2.05) is 31.2 Å². The van der Waals surface area contributed by atoms with Gasteiger partial charge in [-0.3, -0.25) is 9.59 Å². The lowest BCUT2D eigenvalue weighted by Gasteiger charge is -2.21. The predicted octanol–water partition coefficient (Wildman–Crippen LogP) is 4.12. The molecular weight excluding hydrogens is 352 g/mol. The average molecular weight is 375 g/mol. The Labute approximate surface area is 158 Å². The summed E-state index contributed by atoms with van der Waals surface area (Å²) in [6.07, 6.45) is 0.223. The van der Waals surface area contributed by atoms with Gasteiger partial charge in [-0.25, -0.2) is 0 Å². The first-order valence-corrected chi connectivity index (χ1v) is 8.88. The van der Waals surface area contributed by atoms with E-state index in [4.69, 9.17) is 16.3 Å². The zero-order valence-electron chi connectivity index (χ0n) is 15.0. The highest BCUT2D eigenvalue weighted by Gasteiger charge is 2.12. The van der Waals surface area contributed by atoms with Crippen molar-refractivity contribution >= 4 is 29.1 Å². The molecule has 0 unspecified atom stereocenters.